The van der Waals surface area contributed by atoms with E-state index in [4.69, 9.17) is 0 Å². The van der Waals surface area contributed by atoms with Crippen LogP contribution in [0.4, 0.5) is 4.79 Å². The number of hydrogen-bond donors (Lipinski definition) is 0. The van der Waals surface area contributed by atoms with Gasteiger partial charge in [0.05, 0.1) is 12.1 Å². The fraction of sp³-hybridized carbons (Fsp3) is 0.273. The summed E-state index contributed by atoms with van der Waals surface area (Å²) in [6.45, 7) is 1.80. The summed E-state index contributed by atoms with van der Waals surface area (Å²) in [4.78, 5) is 29.0. The van der Waals surface area contributed by atoms with Crippen molar-refractivity contribution in [3.8, 4) is 0 Å². The lowest BCUT2D eigenvalue weighted by Gasteiger charge is -2.49. The topological polar surface area (TPSA) is 40.6 Å². The van der Waals surface area contributed by atoms with Gasteiger partial charge in [0.25, 0.3) is 5.91 Å². The van der Waals surface area contributed by atoms with E-state index in [1.54, 1.807) is 17.9 Å². The zero-order chi connectivity index (χ0) is 18.0. The number of imide groups is 1. The summed E-state index contributed by atoms with van der Waals surface area (Å²) in [6, 6.07) is 16.5. The van der Waals surface area contributed by atoms with E-state index in [9.17, 15) is 9.59 Å². The van der Waals surface area contributed by atoms with Crippen LogP contribution in [0.3, 0.4) is 0 Å². The van der Waals surface area contributed by atoms with Crippen molar-refractivity contribution in [2.75, 3.05) is 7.05 Å². The van der Waals surface area contributed by atoms with E-state index in [1.165, 1.54) is 33.2 Å². The molecular weight excluding hydrogens is 324 g/mol. The number of rotatable bonds is 1. The molecule has 2 atom stereocenters. The number of likely N-dealkylation sites (N-methyl/N-ethyl adjacent to an activating group) is 1. The molecule has 6 rings (SSSR count). The molecule has 3 amide bonds. The first-order valence-corrected chi connectivity index (χ1v) is 9.05. The molecule has 0 spiro atoms. The van der Waals surface area contributed by atoms with Gasteiger partial charge in [-0.15, -0.1) is 0 Å². The highest BCUT2D eigenvalue weighted by atomic mass is 16.2. The zero-order valence-corrected chi connectivity index (χ0v) is 14.8. The van der Waals surface area contributed by atoms with E-state index in [1.807, 2.05) is 7.05 Å². The van der Waals surface area contributed by atoms with E-state index in [2.05, 4.69) is 48.5 Å². The Kier molecular flexibility index (Phi) is 3.14. The monoisotopic (exact) mass is 344 g/mol. The van der Waals surface area contributed by atoms with Crippen LogP contribution in [-0.2, 0) is 4.79 Å². The van der Waals surface area contributed by atoms with Gasteiger partial charge in [0.2, 0.25) is 0 Å². The SMILES string of the molecule is C/C=C/C(=O)N1C(=O)N(C)[C@H]2C3c4ccccc4C(c4ccccc43)[C@H]21. The maximum absolute atomic E-state index is 13.0. The van der Waals surface area contributed by atoms with Crippen LogP contribution >= 0.6 is 0 Å². The third kappa shape index (κ3) is 1.74. The molecule has 1 aliphatic heterocycles. The van der Waals surface area contributed by atoms with Gasteiger partial charge in [-0.3, -0.25) is 9.69 Å². The van der Waals surface area contributed by atoms with Crippen LogP contribution in [0.25, 0.3) is 0 Å². The number of carbonyl (C=O) groups is 2. The molecule has 2 aromatic carbocycles. The van der Waals surface area contributed by atoms with Crippen LogP contribution in [0, 0.1) is 0 Å². The molecule has 0 radical (unpaired) electrons. The van der Waals surface area contributed by atoms with Crippen molar-refractivity contribution in [2.24, 2.45) is 0 Å². The van der Waals surface area contributed by atoms with Crippen molar-refractivity contribution < 1.29 is 9.59 Å². The summed E-state index contributed by atoms with van der Waals surface area (Å²) in [6.07, 6.45) is 3.19. The van der Waals surface area contributed by atoms with Crippen molar-refractivity contribution in [2.45, 2.75) is 30.8 Å². The lowest BCUT2D eigenvalue weighted by Crippen LogP contribution is -2.53. The standard InChI is InChI=1S/C22H20N2O2/c1-3-8-17(25)24-21-19-15-11-6-4-9-13(15)18(20(21)23(2)22(24)26)14-10-5-7-12-16(14)19/h3-12,18-21H,1-2H3/b8-3+/t18?,19?,20-,21+/m0/s1. The van der Waals surface area contributed by atoms with Gasteiger partial charge in [-0.1, -0.05) is 54.6 Å². The molecule has 2 aromatic rings. The second-order valence-corrected chi connectivity index (χ2v) is 7.30. The Hall–Kier alpha value is -2.88. The van der Waals surface area contributed by atoms with Crippen LogP contribution < -0.4 is 0 Å². The maximum atomic E-state index is 13.0. The van der Waals surface area contributed by atoms with Crippen LogP contribution in [0.1, 0.15) is 41.0 Å². The Morgan fingerprint density at radius 3 is 1.81 bits per heavy atom. The summed E-state index contributed by atoms with van der Waals surface area (Å²) in [7, 11) is 1.83. The predicted octanol–water partition coefficient (Wildman–Crippen LogP) is 3.48. The molecule has 0 N–H and O–H groups in total. The third-order valence-corrected chi connectivity index (χ3v) is 6.17. The van der Waals surface area contributed by atoms with Gasteiger partial charge >= 0.3 is 6.03 Å². The highest BCUT2D eigenvalue weighted by molar-refractivity contribution is 6.02. The van der Waals surface area contributed by atoms with Crippen LogP contribution in [0.15, 0.2) is 60.7 Å². The van der Waals surface area contributed by atoms with Gasteiger partial charge in [0, 0.05) is 18.9 Å². The Labute approximate surface area is 152 Å². The summed E-state index contributed by atoms with van der Waals surface area (Å²) < 4.78 is 0. The first-order valence-electron chi connectivity index (χ1n) is 9.05. The van der Waals surface area contributed by atoms with Crippen molar-refractivity contribution in [1.29, 1.82) is 0 Å². The summed E-state index contributed by atoms with van der Waals surface area (Å²) >= 11 is 0. The average Bonchev–Trinajstić information content (AvgIpc) is 2.93. The predicted molar refractivity (Wildman–Crippen MR) is 99.0 cm³/mol. The molecule has 1 heterocycles. The van der Waals surface area contributed by atoms with Crippen molar-refractivity contribution in [3.63, 3.8) is 0 Å². The largest absolute Gasteiger partial charge is 0.327 e. The molecule has 4 aliphatic rings. The summed E-state index contributed by atoms with van der Waals surface area (Å²) in [5.74, 6) is -0.0883. The molecule has 3 aliphatic carbocycles. The molecular formula is C22H20N2O2. The molecule has 1 saturated heterocycles. The first-order chi connectivity index (χ1) is 12.6. The molecule has 26 heavy (non-hydrogen) atoms. The lowest BCUT2D eigenvalue weighted by atomic mass is 9.59. The van der Waals surface area contributed by atoms with Crippen LogP contribution in [0.2, 0.25) is 0 Å². The molecule has 2 bridgehead atoms. The number of urea groups is 1. The highest BCUT2D eigenvalue weighted by Gasteiger charge is 2.60. The number of hydrogen-bond acceptors (Lipinski definition) is 2. The van der Waals surface area contributed by atoms with Gasteiger partial charge < -0.3 is 4.90 Å². The van der Waals surface area contributed by atoms with Gasteiger partial charge in [0.1, 0.15) is 0 Å². The Bertz CT molecular complexity index is 917. The van der Waals surface area contributed by atoms with Crippen molar-refractivity contribution >= 4 is 11.9 Å². The maximum Gasteiger partial charge on any atom is 0.327 e. The van der Waals surface area contributed by atoms with Crippen LogP contribution in [-0.4, -0.2) is 40.9 Å². The number of carbonyl (C=O) groups excluding carboxylic acids is 2. The summed E-state index contributed by atoms with van der Waals surface area (Å²) in [5, 5.41) is 0. The minimum absolute atomic E-state index is 0.0218. The van der Waals surface area contributed by atoms with Gasteiger partial charge in [-0.05, 0) is 35.3 Å². The summed E-state index contributed by atoms with van der Waals surface area (Å²) in [5.41, 5.74) is 5.08. The van der Waals surface area contributed by atoms with E-state index >= 15 is 0 Å². The number of amides is 3. The fourth-order valence-electron chi connectivity index (χ4n) is 5.26. The van der Waals surface area contributed by atoms with E-state index in [0.29, 0.717) is 0 Å². The Balaban J connectivity index is 1.77. The number of allylic oxidation sites excluding steroid dienone is 1. The quantitative estimate of drug-likeness (QED) is 0.743. The average molecular weight is 344 g/mol. The van der Waals surface area contributed by atoms with Gasteiger partial charge in [-0.25, -0.2) is 4.79 Å². The second-order valence-electron chi connectivity index (χ2n) is 7.30. The number of benzene rings is 2. The Morgan fingerprint density at radius 1 is 0.885 bits per heavy atom. The first kappa shape index (κ1) is 15.4. The van der Waals surface area contributed by atoms with E-state index in [-0.39, 0.29) is 35.9 Å². The number of nitrogens with zero attached hydrogens (tertiary/aromatic N) is 2. The van der Waals surface area contributed by atoms with Crippen molar-refractivity contribution in [3.05, 3.63) is 82.9 Å². The zero-order valence-electron chi connectivity index (χ0n) is 14.8. The highest BCUT2D eigenvalue weighted by Crippen LogP contribution is 2.57. The third-order valence-electron chi connectivity index (χ3n) is 6.17. The van der Waals surface area contributed by atoms with E-state index < -0.39 is 0 Å². The minimum Gasteiger partial charge on any atom is -0.321 e. The molecule has 1 fully saturated rings. The molecule has 4 heteroatoms. The minimum atomic E-state index is -0.223. The van der Waals surface area contributed by atoms with Gasteiger partial charge in [-0.2, -0.15) is 0 Å². The molecule has 0 saturated carbocycles. The van der Waals surface area contributed by atoms with Crippen molar-refractivity contribution in [1.82, 2.24) is 9.80 Å². The Morgan fingerprint density at radius 2 is 1.35 bits per heavy atom. The van der Waals surface area contributed by atoms with Crippen LogP contribution in [0.5, 0.6) is 0 Å². The molecule has 0 aromatic heterocycles. The van der Waals surface area contributed by atoms with Gasteiger partial charge in [0.15, 0.2) is 0 Å². The lowest BCUT2D eigenvalue weighted by molar-refractivity contribution is -0.124. The molecule has 0 unspecified atom stereocenters. The normalized spacial score (nSPS) is 28.3. The molecule has 4 nitrogen and oxygen atoms in total. The van der Waals surface area contributed by atoms with E-state index in [0.717, 1.165) is 0 Å². The fourth-order valence-corrected chi connectivity index (χ4v) is 5.26. The second kappa shape index (κ2) is 5.31. The molecule has 130 valence electrons. The smallest absolute Gasteiger partial charge is 0.321 e.